The van der Waals surface area contributed by atoms with Gasteiger partial charge in [0.2, 0.25) is 5.91 Å². The van der Waals surface area contributed by atoms with Crippen molar-refractivity contribution in [3.63, 3.8) is 0 Å². The Balaban J connectivity index is 1.71. The monoisotopic (exact) mass is 389 g/mol. The van der Waals surface area contributed by atoms with E-state index in [9.17, 15) is 9.59 Å². The number of Topliss-reactive ketones (excluding diaryl/α,β-unsaturated/α-hetero) is 1. The Hall–Kier alpha value is -1.95. The third kappa shape index (κ3) is 6.31. The lowest BCUT2D eigenvalue weighted by atomic mass is 9.78. The highest BCUT2D eigenvalue weighted by atomic mass is 32.1. The molecule has 2 rings (SSSR count). The first-order valence-electron chi connectivity index (χ1n) is 9.73. The van der Waals surface area contributed by atoms with E-state index in [4.69, 9.17) is 12.2 Å². The Bertz CT molecular complexity index is 705. The summed E-state index contributed by atoms with van der Waals surface area (Å²) in [6.07, 6.45) is 3.83. The Morgan fingerprint density at radius 1 is 1.07 bits per heavy atom. The fourth-order valence-electron chi connectivity index (χ4n) is 3.47. The molecule has 3 atom stereocenters. The van der Waals surface area contributed by atoms with Gasteiger partial charge in [0.05, 0.1) is 0 Å². The Morgan fingerprint density at radius 2 is 1.81 bits per heavy atom. The second-order valence-corrected chi connectivity index (χ2v) is 8.15. The molecule has 1 aliphatic carbocycles. The van der Waals surface area contributed by atoms with E-state index in [1.54, 1.807) is 0 Å². The van der Waals surface area contributed by atoms with Gasteiger partial charge in [0.1, 0.15) is 0 Å². The van der Waals surface area contributed by atoms with Crippen molar-refractivity contribution in [3.05, 3.63) is 34.9 Å². The number of benzene rings is 1. The van der Waals surface area contributed by atoms with Crippen LogP contribution in [0.4, 0.5) is 0 Å². The molecular formula is C21H31N3O2S. The van der Waals surface area contributed by atoms with E-state index >= 15 is 0 Å². The van der Waals surface area contributed by atoms with Crippen LogP contribution in [0.25, 0.3) is 0 Å². The van der Waals surface area contributed by atoms with E-state index in [-0.39, 0.29) is 24.5 Å². The molecule has 0 radical (unpaired) electrons. The summed E-state index contributed by atoms with van der Waals surface area (Å²) in [5.41, 5.74) is 8.21. The molecule has 5 nitrogen and oxygen atoms in total. The van der Waals surface area contributed by atoms with Crippen molar-refractivity contribution >= 4 is 29.0 Å². The molecule has 0 unspecified atom stereocenters. The summed E-state index contributed by atoms with van der Waals surface area (Å²) in [6, 6.07) is 5.95. The van der Waals surface area contributed by atoms with Crippen LogP contribution in [0.3, 0.4) is 0 Å². The third-order valence-corrected chi connectivity index (χ3v) is 5.97. The molecule has 0 heterocycles. The van der Waals surface area contributed by atoms with E-state index < -0.39 is 0 Å². The van der Waals surface area contributed by atoms with Gasteiger partial charge >= 0.3 is 0 Å². The van der Waals surface area contributed by atoms with Crippen molar-refractivity contribution in [1.82, 2.24) is 16.2 Å². The van der Waals surface area contributed by atoms with Crippen molar-refractivity contribution < 1.29 is 9.59 Å². The largest absolute Gasteiger partial charge is 0.358 e. The molecule has 1 amide bonds. The zero-order valence-corrected chi connectivity index (χ0v) is 17.5. The molecule has 27 heavy (non-hydrogen) atoms. The maximum Gasteiger partial charge on any atom is 0.238 e. The SMILES string of the molecule is Cc1ccc(C(=O)CCC(=O)NNC(=S)N[C@@H]2CCC[C@@H](C)[C@@H]2C)cc1C. The van der Waals surface area contributed by atoms with Crippen molar-refractivity contribution in [2.75, 3.05) is 0 Å². The number of hydrazine groups is 1. The summed E-state index contributed by atoms with van der Waals surface area (Å²) in [5, 5.41) is 3.72. The zero-order chi connectivity index (χ0) is 20.0. The van der Waals surface area contributed by atoms with Crippen LogP contribution in [-0.2, 0) is 4.79 Å². The van der Waals surface area contributed by atoms with Gasteiger partial charge in [-0.15, -0.1) is 0 Å². The summed E-state index contributed by atoms with van der Waals surface area (Å²) < 4.78 is 0. The second-order valence-electron chi connectivity index (χ2n) is 7.74. The van der Waals surface area contributed by atoms with Gasteiger partial charge in [-0.05, 0) is 61.5 Å². The number of amides is 1. The molecule has 0 bridgehead atoms. The van der Waals surface area contributed by atoms with E-state index in [2.05, 4.69) is 30.0 Å². The smallest absolute Gasteiger partial charge is 0.238 e. The van der Waals surface area contributed by atoms with Crippen LogP contribution in [0.5, 0.6) is 0 Å². The van der Waals surface area contributed by atoms with Gasteiger partial charge in [0.15, 0.2) is 10.9 Å². The minimum atomic E-state index is -0.249. The number of nitrogens with one attached hydrogen (secondary N) is 3. The van der Waals surface area contributed by atoms with Gasteiger partial charge in [0, 0.05) is 24.4 Å². The van der Waals surface area contributed by atoms with Crippen LogP contribution in [0.1, 0.15) is 67.4 Å². The molecule has 1 aromatic carbocycles. The Labute approximate surface area is 167 Å². The quantitative estimate of drug-likeness (QED) is 0.408. The lowest BCUT2D eigenvalue weighted by molar-refractivity contribution is -0.121. The van der Waals surface area contributed by atoms with Gasteiger partial charge in [-0.25, -0.2) is 0 Å². The van der Waals surface area contributed by atoms with Crippen molar-refractivity contribution in [3.8, 4) is 0 Å². The number of thiocarbonyl (C=S) groups is 1. The summed E-state index contributed by atoms with van der Waals surface area (Å²) in [5.74, 6) is 0.940. The highest BCUT2D eigenvalue weighted by Crippen LogP contribution is 2.29. The summed E-state index contributed by atoms with van der Waals surface area (Å²) in [6.45, 7) is 8.49. The summed E-state index contributed by atoms with van der Waals surface area (Å²) in [4.78, 5) is 24.2. The van der Waals surface area contributed by atoms with Crippen LogP contribution in [0, 0.1) is 25.7 Å². The van der Waals surface area contributed by atoms with Crippen LogP contribution < -0.4 is 16.2 Å². The first-order chi connectivity index (χ1) is 12.8. The molecule has 6 heteroatoms. The van der Waals surface area contributed by atoms with Crippen LogP contribution in [-0.4, -0.2) is 22.8 Å². The zero-order valence-electron chi connectivity index (χ0n) is 16.7. The molecule has 0 saturated heterocycles. The maximum absolute atomic E-state index is 12.2. The molecule has 3 N–H and O–H groups in total. The van der Waals surface area contributed by atoms with Crippen molar-refractivity contribution in [2.45, 2.75) is 65.8 Å². The minimum absolute atomic E-state index is 0.0287. The first kappa shape index (κ1) is 21.4. The molecule has 1 aromatic rings. The molecule has 148 valence electrons. The van der Waals surface area contributed by atoms with Crippen LogP contribution in [0.15, 0.2) is 18.2 Å². The minimum Gasteiger partial charge on any atom is -0.358 e. The lowest BCUT2D eigenvalue weighted by Crippen LogP contribution is -2.52. The molecule has 1 aliphatic rings. The van der Waals surface area contributed by atoms with Gasteiger partial charge in [0.25, 0.3) is 0 Å². The number of hydrogen-bond acceptors (Lipinski definition) is 3. The van der Waals surface area contributed by atoms with Crippen molar-refractivity contribution in [2.24, 2.45) is 11.8 Å². The maximum atomic E-state index is 12.2. The van der Waals surface area contributed by atoms with E-state index in [1.165, 1.54) is 12.8 Å². The molecule has 0 aliphatic heterocycles. The number of aryl methyl sites for hydroxylation is 2. The van der Waals surface area contributed by atoms with Gasteiger partial charge in [-0.2, -0.15) is 0 Å². The highest BCUT2D eigenvalue weighted by molar-refractivity contribution is 7.80. The molecule has 0 spiro atoms. The topological polar surface area (TPSA) is 70.2 Å². The first-order valence-corrected chi connectivity index (χ1v) is 10.1. The molecule has 0 aromatic heterocycles. The second kappa shape index (κ2) is 9.83. The predicted octanol–water partition coefficient (Wildman–Crippen LogP) is 3.59. The average Bonchev–Trinajstić information content (AvgIpc) is 2.64. The lowest BCUT2D eigenvalue weighted by Gasteiger charge is -2.35. The fraction of sp³-hybridized carbons (Fsp3) is 0.571. The van der Waals surface area contributed by atoms with Gasteiger partial charge < -0.3 is 5.32 Å². The molecule has 1 fully saturated rings. The van der Waals surface area contributed by atoms with E-state index in [0.29, 0.717) is 28.6 Å². The standard InChI is InChI=1S/C21H31N3O2S/c1-13-8-9-17(12-15(13)3)19(25)10-11-20(26)23-24-21(27)22-18-7-5-6-14(2)16(18)4/h8-9,12,14,16,18H,5-7,10-11H2,1-4H3,(H,23,26)(H2,22,24,27)/t14-,16+,18-/m1/s1. The predicted molar refractivity (Wildman–Crippen MR) is 112 cm³/mol. The number of carbonyl (C=O) groups is 2. The van der Waals surface area contributed by atoms with E-state index in [1.807, 2.05) is 32.0 Å². The third-order valence-electron chi connectivity index (χ3n) is 5.75. The van der Waals surface area contributed by atoms with Crippen LogP contribution in [0.2, 0.25) is 0 Å². The summed E-state index contributed by atoms with van der Waals surface area (Å²) in [7, 11) is 0. The van der Waals surface area contributed by atoms with E-state index in [0.717, 1.165) is 17.5 Å². The normalized spacial score (nSPS) is 22.0. The number of hydrogen-bond donors (Lipinski definition) is 3. The molecular weight excluding hydrogens is 358 g/mol. The Morgan fingerprint density at radius 3 is 2.52 bits per heavy atom. The number of carbonyl (C=O) groups excluding carboxylic acids is 2. The van der Waals surface area contributed by atoms with Gasteiger partial charge in [-0.3, -0.25) is 20.4 Å². The van der Waals surface area contributed by atoms with Gasteiger partial charge in [-0.1, -0.05) is 38.8 Å². The highest BCUT2D eigenvalue weighted by Gasteiger charge is 2.27. The fourth-order valence-corrected chi connectivity index (χ4v) is 3.67. The average molecular weight is 390 g/mol. The summed E-state index contributed by atoms with van der Waals surface area (Å²) >= 11 is 5.28. The van der Waals surface area contributed by atoms with Crippen LogP contribution >= 0.6 is 12.2 Å². The molecule has 1 saturated carbocycles. The van der Waals surface area contributed by atoms with Crippen molar-refractivity contribution in [1.29, 1.82) is 0 Å². The number of rotatable bonds is 5. The number of ketones is 1. The Kier molecular flexibility index (Phi) is 7.78.